The molecule has 3 N–H and O–H groups in total. The maximum Gasteiger partial charge on any atom is 0.263 e. The lowest BCUT2D eigenvalue weighted by atomic mass is 10.2. The third-order valence-electron chi connectivity index (χ3n) is 2.87. The molecule has 0 aromatic heterocycles. The summed E-state index contributed by atoms with van der Waals surface area (Å²) in [7, 11) is 0. The Bertz CT molecular complexity index is 470. The highest BCUT2D eigenvalue weighted by Crippen LogP contribution is 2.27. The van der Waals surface area contributed by atoms with Gasteiger partial charge >= 0.3 is 0 Å². The van der Waals surface area contributed by atoms with Crippen LogP contribution in [0.25, 0.3) is 0 Å². The fraction of sp³-hybridized carbons (Fsp3) is 0.417. The lowest BCUT2D eigenvalue weighted by Gasteiger charge is -2.14. The molecule has 104 valence electrons. The second kappa shape index (κ2) is 6.43. The predicted molar refractivity (Wildman–Crippen MR) is 72.2 cm³/mol. The second-order valence-corrected chi connectivity index (χ2v) is 5.03. The summed E-state index contributed by atoms with van der Waals surface area (Å²) in [5, 5.41) is 0.915. The molecule has 1 fully saturated rings. The van der Waals surface area contributed by atoms with Gasteiger partial charge in [-0.15, -0.1) is 0 Å². The standard InChI is InChI=1S/C12H14Cl2N2O3/c13-9-3-1-7(5-10(9)14)18-6-8-2-4-11(19-8)12(17)16-15/h1,3,5,8,11H,2,4,6,15H2,(H,16,17). The molecule has 2 atom stereocenters. The first-order valence-electron chi connectivity index (χ1n) is 5.84. The van der Waals surface area contributed by atoms with Gasteiger partial charge in [0.2, 0.25) is 0 Å². The molecule has 1 amide bonds. The number of amides is 1. The van der Waals surface area contributed by atoms with Crippen molar-refractivity contribution in [1.29, 1.82) is 0 Å². The zero-order valence-corrected chi connectivity index (χ0v) is 11.6. The Morgan fingerprint density at radius 3 is 2.89 bits per heavy atom. The molecule has 1 aromatic carbocycles. The van der Waals surface area contributed by atoms with Crippen LogP contribution in [0.2, 0.25) is 10.0 Å². The van der Waals surface area contributed by atoms with Gasteiger partial charge in [-0.1, -0.05) is 23.2 Å². The summed E-state index contributed by atoms with van der Waals surface area (Å²) in [6.45, 7) is 0.353. The lowest BCUT2D eigenvalue weighted by Crippen LogP contribution is -2.39. The van der Waals surface area contributed by atoms with Gasteiger partial charge in [0.05, 0.1) is 16.1 Å². The minimum Gasteiger partial charge on any atom is -0.491 e. The number of nitrogens with one attached hydrogen (secondary N) is 1. The Kier molecular flexibility index (Phi) is 4.87. The first-order valence-corrected chi connectivity index (χ1v) is 6.59. The highest BCUT2D eigenvalue weighted by molar-refractivity contribution is 6.42. The first kappa shape index (κ1) is 14.4. The average Bonchev–Trinajstić information content (AvgIpc) is 2.88. The first-order chi connectivity index (χ1) is 9.10. The van der Waals surface area contributed by atoms with Crippen molar-refractivity contribution >= 4 is 29.1 Å². The maximum atomic E-state index is 11.3. The molecule has 1 aliphatic heterocycles. The van der Waals surface area contributed by atoms with Crippen LogP contribution in [-0.2, 0) is 9.53 Å². The van der Waals surface area contributed by atoms with Crippen molar-refractivity contribution in [3.8, 4) is 5.75 Å². The number of hydrogen-bond donors (Lipinski definition) is 2. The van der Waals surface area contributed by atoms with E-state index in [1.54, 1.807) is 18.2 Å². The number of halogens is 2. The van der Waals surface area contributed by atoms with Crippen LogP contribution in [0, 0.1) is 0 Å². The van der Waals surface area contributed by atoms with Crippen LogP contribution in [0.1, 0.15) is 12.8 Å². The number of carbonyl (C=O) groups excluding carboxylic acids is 1. The SMILES string of the molecule is NNC(=O)C1CCC(COc2ccc(Cl)c(Cl)c2)O1. The normalized spacial score (nSPS) is 22.3. The van der Waals surface area contributed by atoms with Crippen LogP contribution in [0.5, 0.6) is 5.75 Å². The molecular weight excluding hydrogens is 291 g/mol. The number of nitrogens with two attached hydrogens (primary N) is 1. The van der Waals surface area contributed by atoms with Crippen molar-refractivity contribution in [1.82, 2.24) is 5.43 Å². The third kappa shape index (κ3) is 3.73. The summed E-state index contributed by atoms with van der Waals surface area (Å²) in [5.41, 5.74) is 2.08. The van der Waals surface area contributed by atoms with Gasteiger partial charge in [-0.05, 0) is 25.0 Å². The molecule has 2 rings (SSSR count). The Morgan fingerprint density at radius 1 is 1.42 bits per heavy atom. The van der Waals surface area contributed by atoms with Gasteiger partial charge in [-0.2, -0.15) is 0 Å². The van der Waals surface area contributed by atoms with Gasteiger partial charge in [-0.25, -0.2) is 5.84 Å². The van der Waals surface area contributed by atoms with E-state index in [-0.39, 0.29) is 12.0 Å². The zero-order chi connectivity index (χ0) is 13.8. The number of benzene rings is 1. The largest absolute Gasteiger partial charge is 0.491 e. The van der Waals surface area contributed by atoms with Crippen LogP contribution in [0.4, 0.5) is 0 Å². The number of carbonyl (C=O) groups is 1. The maximum absolute atomic E-state index is 11.3. The molecule has 0 bridgehead atoms. The highest BCUT2D eigenvalue weighted by atomic mass is 35.5. The molecule has 2 unspecified atom stereocenters. The number of rotatable bonds is 4. The summed E-state index contributed by atoms with van der Waals surface area (Å²) in [6.07, 6.45) is 0.766. The Balaban J connectivity index is 1.83. The monoisotopic (exact) mass is 304 g/mol. The van der Waals surface area contributed by atoms with Gasteiger partial charge in [0.15, 0.2) is 0 Å². The number of ether oxygens (including phenoxy) is 2. The smallest absolute Gasteiger partial charge is 0.263 e. The Morgan fingerprint density at radius 2 is 2.21 bits per heavy atom. The van der Waals surface area contributed by atoms with E-state index in [1.807, 2.05) is 0 Å². The fourth-order valence-corrected chi connectivity index (χ4v) is 2.16. The molecule has 0 spiro atoms. The van der Waals surface area contributed by atoms with Gasteiger partial charge in [-0.3, -0.25) is 10.2 Å². The number of hydrazine groups is 1. The lowest BCUT2D eigenvalue weighted by molar-refractivity contribution is -0.132. The van der Waals surface area contributed by atoms with Gasteiger partial charge in [0.25, 0.3) is 5.91 Å². The van der Waals surface area contributed by atoms with E-state index >= 15 is 0 Å². The summed E-state index contributed by atoms with van der Waals surface area (Å²) in [6, 6.07) is 5.04. The van der Waals surface area contributed by atoms with E-state index in [1.165, 1.54) is 0 Å². The molecule has 1 saturated heterocycles. The van der Waals surface area contributed by atoms with Crippen LogP contribution in [0.3, 0.4) is 0 Å². The molecule has 1 aliphatic rings. The van der Waals surface area contributed by atoms with Gasteiger partial charge < -0.3 is 9.47 Å². The predicted octanol–water partition coefficient (Wildman–Crippen LogP) is 1.91. The summed E-state index contributed by atoms with van der Waals surface area (Å²) < 4.78 is 11.1. The molecule has 1 heterocycles. The quantitative estimate of drug-likeness (QED) is 0.506. The van der Waals surface area contributed by atoms with E-state index in [9.17, 15) is 4.79 Å². The van der Waals surface area contributed by atoms with Crippen LogP contribution in [0.15, 0.2) is 18.2 Å². The molecule has 1 aromatic rings. The summed E-state index contributed by atoms with van der Waals surface area (Å²) >= 11 is 11.7. The van der Waals surface area contributed by atoms with Crippen LogP contribution < -0.4 is 16.0 Å². The van der Waals surface area contributed by atoms with Crippen molar-refractivity contribution in [3.05, 3.63) is 28.2 Å². The molecule has 0 radical (unpaired) electrons. The number of hydrogen-bond acceptors (Lipinski definition) is 4. The van der Waals surface area contributed by atoms with Gasteiger partial charge in [0.1, 0.15) is 18.5 Å². The van der Waals surface area contributed by atoms with E-state index < -0.39 is 6.10 Å². The molecular formula is C12H14Cl2N2O3. The van der Waals surface area contributed by atoms with Crippen molar-refractivity contribution in [3.63, 3.8) is 0 Å². The molecule has 5 nitrogen and oxygen atoms in total. The van der Waals surface area contributed by atoms with Crippen molar-refractivity contribution in [2.24, 2.45) is 5.84 Å². The van der Waals surface area contributed by atoms with E-state index in [2.05, 4.69) is 5.43 Å². The van der Waals surface area contributed by atoms with Crippen LogP contribution in [-0.4, -0.2) is 24.7 Å². The Hall–Kier alpha value is -1.01. The second-order valence-electron chi connectivity index (χ2n) is 4.22. The molecule has 0 aliphatic carbocycles. The van der Waals surface area contributed by atoms with Crippen LogP contribution >= 0.6 is 23.2 Å². The fourth-order valence-electron chi connectivity index (χ4n) is 1.87. The topological polar surface area (TPSA) is 73.6 Å². The molecule has 19 heavy (non-hydrogen) atoms. The summed E-state index contributed by atoms with van der Waals surface area (Å²) in [4.78, 5) is 11.3. The Labute approximate surface area is 120 Å². The highest BCUT2D eigenvalue weighted by Gasteiger charge is 2.30. The summed E-state index contributed by atoms with van der Waals surface area (Å²) in [5.74, 6) is 5.36. The third-order valence-corrected chi connectivity index (χ3v) is 3.61. The van der Waals surface area contributed by atoms with Gasteiger partial charge in [0, 0.05) is 6.07 Å². The van der Waals surface area contributed by atoms with Crippen molar-refractivity contribution < 1.29 is 14.3 Å². The molecule has 7 heteroatoms. The van der Waals surface area contributed by atoms with Crippen molar-refractivity contribution in [2.45, 2.75) is 25.0 Å². The average molecular weight is 305 g/mol. The van der Waals surface area contributed by atoms with E-state index in [0.29, 0.717) is 28.8 Å². The minimum atomic E-state index is -0.493. The van der Waals surface area contributed by atoms with E-state index in [0.717, 1.165) is 6.42 Å². The zero-order valence-electron chi connectivity index (χ0n) is 10.1. The van der Waals surface area contributed by atoms with E-state index in [4.69, 9.17) is 38.5 Å². The van der Waals surface area contributed by atoms with Crippen molar-refractivity contribution in [2.75, 3.05) is 6.61 Å². The minimum absolute atomic E-state index is 0.128. The molecule has 0 saturated carbocycles.